The molecule has 1 amide bonds. The van der Waals surface area contributed by atoms with Gasteiger partial charge in [0.15, 0.2) is 5.82 Å². The summed E-state index contributed by atoms with van der Waals surface area (Å²) in [4.78, 5) is 20.2. The molecule has 0 radical (unpaired) electrons. The Balaban J connectivity index is 1.78. The molecule has 0 unspecified atom stereocenters. The van der Waals surface area contributed by atoms with E-state index < -0.39 is 5.91 Å². The van der Waals surface area contributed by atoms with Crippen LogP contribution in [0.1, 0.15) is 28.1 Å². The summed E-state index contributed by atoms with van der Waals surface area (Å²) >= 11 is 1.62. The Kier molecular flexibility index (Phi) is 4.00. The number of nitrogens with zero attached hydrogens (tertiary/aromatic N) is 5. The molecule has 4 aromatic rings. The van der Waals surface area contributed by atoms with Crippen LogP contribution in [0.5, 0.6) is 0 Å². The zero-order valence-corrected chi connectivity index (χ0v) is 15.1. The molecule has 1 aromatic carbocycles. The Bertz CT molecular complexity index is 1110. The molecule has 0 bridgehead atoms. The average molecular weight is 368 g/mol. The van der Waals surface area contributed by atoms with Gasteiger partial charge in [0.05, 0.1) is 39.4 Å². The smallest absolute Gasteiger partial charge is 0.225 e. The Hall–Kier alpha value is -3.07. The molecule has 0 fully saturated rings. The topological polar surface area (TPSA) is 113 Å². The van der Waals surface area contributed by atoms with Crippen LogP contribution in [-0.4, -0.2) is 30.8 Å². The third-order valence-corrected chi connectivity index (χ3v) is 4.72. The Morgan fingerprint density at radius 1 is 1.27 bits per heavy atom. The lowest BCUT2D eigenvalue weighted by atomic mass is 10.2. The summed E-state index contributed by atoms with van der Waals surface area (Å²) < 4.78 is 8.07. The van der Waals surface area contributed by atoms with Crippen LogP contribution in [0.2, 0.25) is 0 Å². The summed E-state index contributed by atoms with van der Waals surface area (Å²) in [5.41, 5.74) is 7.88. The van der Waals surface area contributed by atoms with Gasteiger partial charge in [0.1, 0.15) is 11.6 Å². The molecule has 4 rings (SSSR count). The van der Waals surface area contributed by atoms with Gasteiger partial charge >= 0.3 is 0 Å². The number of fused-ring (bicyclic) bond motifs is 1. The number of thiazole rings is 1. The zero-order chi connectivity index (χ0) is 18.3. The van der Waals surface area contributed by atoms with Crippen molar-refractivity contribution in [1.82, 2.24) is 24.9 Å². The summed E-state index contributed by atoms with van der Waals surface area (Å²) in [6.45, 7) is 3.83. The first kappa shape index (κ1) is 16.4. The zero-order valence-electron chi connectivity index (χ0n) is 14.3. The van der Waals surface area contributed by atoms with Gasteiger partial charge in [0.25, 0.3) is 0 Å². The van der Waals surface area contributed by atoms with Gasteiger partial charge in [-0.15, -0.1) is 11.3 Å². The average Bonchev–Trinajstić information content (AvgIpc) is 3.24. The lowest BCUT2D eigenvalue weighted by molar-refractivity contribution is -0.117. The third-order valence-electron chi connectivity index (χ3n) is 3.78. The molecule has 9 heteroatoms. The van der Waals surface area contributed by atoms with Crippen LogP contribution in [0.3, 0.4) is 0 Å². The predicted molar refractivity (Wildman–Crippen MR) is 96.2 cm³/mol. The van der Waals surface area contributed by atoms with E-state index in [0.717, 1.165) is 26.6 Å². The highest BCUT2D eigenvalue weighted by atomic mass is 32.1. The number of carbonyl (C=O) groups is 1. The van der Waals surface area contributed by atoms with Gasteiger partial charge in [-0.25, -0.2) is 14.6 Å². The first-order valence-electron chi connectivity index (χ1n) is 8.01. The fourth-order valence-corrected chi connectivity index (χ4v) is 3.62. The minimum atomic E-state index is -0.474. The van der Waals surface area contributed by atoms with Crippen molar-refractivity contribution < 1.29 is 9.32 Å². The molecule has 0 spiro atoms. The lowest BCUT2D eigenvalue weighted by Gasteiger charge is -2.04. The van der Waals surface area contributed by atoms with Gasteiger partial charge in [-0.2, -0.15) is 5.10 Å². The molecule has 0 aliphatic heterocycles. The summed E-state index contributed by atoms with van der Waals surface area (Å²) in [6, 6.07) is 7.74. The number of benzene rings is 1. The second kappa shape index (κ2) is 6.34. The second-order valence-corrected chi connectivity index (χ2v) is 7.23. The number of primary amides is 1. The van der Waals surface area contributed by atoms with E-state index in [-0.39, 0.29) is 6.42 Å². The highest BCUT2D eigenvalue weighted by Crippen LogP contribution is 2.25. The van der Waals surface area contributed by atoms with Crippen molar-refractivity contribution in [2.75, 3.05) is 0 Å². The molecule has 0 atom stereocenters. The van der Waals surface area contributed by atoms with Crippen LogP contribution in [0.15, 0.2) is 28.8 Å². The van der Waals surface area contributed by atoms with Gasteiger partial charge in [0, 0.05) is 6.07 Å². The summed E-state index contributed by atoms with van der Waals surface area (Å²) in [6.07, 6.45) is 0.393. The normalized spacial score (nSPS) is 11.3. The number of aryl methyl sites for hydroxylation is 2. The van der Waals surface area contributed by atoms with Crippen molar-refractivity contribution in [3.63, 3.8) is 0 Å². The van der Waals surface area contributed by atoms with E-state index in [0.29, 0.717) is 23.8 Å². The maximum absolute atomic E-state index is 11.3. The SMILES string of the molecule is Cc1cc(Cc2nc(CC(N)=O)nn2-c2ccc3nc(C)sc3c2)on1. The van der Waals surface area contributed by atoms with Gasteiger partial charge < -0.3 is 10.3 Å². The maximum Gasteiger partial charge on any atom is 0.225 e. The molecule has 3 heterocycles. The molecule has 0 aliphatic carbocycles. The summed E-state index contributed by atoms with van der Waals surface area (Å²) in [5, 5.41) is 9.37. The van der Waals surface area contributed by atoms with Crippen LogP contribution in [0.25, 0.3) is 15.9 Å². The fraction of sp³-hybridized carbons (Fsp3) is 0.235. The molecule has 8 nitrogen and oxygen atoms in total. The fourth-order valence-electron chi connectivity index (χ4n) is 2.76. The molecule has 2 N–H and O–H groups in total. The van der Waals surface area contributed by atoms with Gasteiger partial charge in [0.2, 0.25) is 5.91 Å². The van der Waals surface area contributed by atoms with Crippen LogP contribution in [0.4, 0.5) is 0 Å². The van der Waals surface area contributed by atoms with Crippen LogP contribution in [-0.2, 0) is 17.6 Å². The standard InChI is InChI=1S/C17H16N6O2S/c1-9-5-12(25-22-9)7-17-20-16(8-15(18)24)21-23(17)11-3-4-13-14(6-11)26-10(2)19-13/h3-6H,7-8H2,1-2H3,(H2,18,24). The number of amides is 1. The predicted octanol–water partition coefficient (Wildman–Crippen LogP) is 2.10. The van der Waals surface area contributed by atoms with Crippen molar-refractivity contribution in [2.45, 2.75) is 26.7 Å². The number of aromatic nitrogens is 5. The minimum absolute atomic E-state index is 0.0165. The first-order chi connectivity index (χ1) is 12.5. The van der Waals surface area contributed by atoms with Crippen LogP contribution < -0.4 is 5.73 Å². The third kappa shape index (κ3) is 3.21. The van der Waals surface area contributed by atoms with Gasteiger partial charge in [-0.3, -0.25) is 4.79 Å². The molecule has 132 valence electrons. The number of rotatable bonds is 5. The largest absolute Gasteiger partial charge is 0.369 e. The lowest BCUT2D eigenvalue weighted by Crippen LogP contribution is -2.14. The summed E-state index contributed by atoms with van der Waals surface area (Å²) in [5.74, 6) is 1.23. The van der Waals surface area contributed by atoms with Gasteiger partial charge in [-0.1, -0.05) is 5.16 Å². The first-order valence-corrected chi connectivity index (χ1v) is 8.82. The highest BCUT2D eigenvalue weighted by Gasteiger charge is 2.16. The number of carbonyl (C=O) groups excluding carboxylic acids is 1. The van der Waals surface area contributed by atoms with Crippen molar-refractivity contribution in [2.24, 2.45) is 5.73 Å². The Morgan fingerprint density at radius 3 is 2.85 bits per heavy atom. The monoisotopic (exact) mass is 368 g/mol. The molecule has 26 heavy (non-hydrogen) atoms. The molecule has 0 saturated heterocycles. The van der Waals surface area contributed by atoms with Crippen molar-refractivity contribution >= 4 is 27.5 Å². The molecule has 0 aliphatic rings. The quantitative estimate of drug-likeness (QED) is 0.577. The molecule has 3 aromatic heterocycles. The minimum Gasteiger partial charge on any atom is -0.369 e. The molecular weight excluding hydrogens is 352 g/mol. The summed E-state index contributed by atoms with van der Waals surface area (Å²) in [7, 11) is 0. The second-order valence-electron chi connectivity index (χ2n) is 6.00. The number of hydrogen-bond donors (Lipinski definition) is 1. The van der Waals surface area contributed by atoms with E-state index in [4.69, 9.17) is 10.3 Å². The van der Waals surface area contributed by atoms with Crippen molar-refractivity contribution in [1.29, 1.82) is 0 Å². The van der Waals surface area contributed by atoms with Crippen molar-refractivity contribution in [3.05, 3.63) is 52.4 Å². The maximum atomic E-state index is 11.3. The van der Waals surface area contributed by atoms with E-state index in [9.17, 15) is 4.79 Å². The number of nitrogens with two attached hydrogens (primary N) is 1. The van der Waals surface area contributed by atoms with E-state index >= 15 is 0 Å². The van der Waals surface area contributed by atoms with Crippen LogP contribution in [0, 0.1) is 13.8 Å². The van der Waals surface area contributed by atoms with Crippen molar-refractivity contribution in [3.8, 4) is 5.69 Å². The molecular formula is C17H16N6O2S. The van der Waals surface area contributed by atoms with E-state index in [1.807, 2.05) is 38.1 Å². The Labute approximate surface area is 152 Å². The highest BCUT2D eigenvalue weighted by molar-refractivity contribution is 7.18. The van der Waals surface area contributed by atoms with Gasteiger partial charge in [-0.05, 0) is 32.0 Å². The van der Waals surface area contributed by atoms with E-state index in [2.05, 4.69) is 20.2 Å². The Morgan fingerprint density at radius 2 is 2.12 bits per heavy atom. The number of hydrogen-bond acceptors (Lipinski definition) is 7. The molecule has 0 saturated carbocycles. The van der Waals surface area contributed by atoms with E-state index in [1.165, 1.54) is 0 Å². The van der Waals surface area contributed by atoms with Crippen LogP contribution >= 0.6 is 11.3 Å². The van der Waals surface area contributed by atoms with E-state index in [1.54, 1.807) is 16.0 Å².